The lowest BCUT2D eigenvalue weighted by molar-refractivity contribution is -0.384. The van der Waals surface area contributed by atoms with Crippen LogP contribution in [0.25, 0.3) is 0 Å². The third kappa shape index (κ3) is 3.94. The average molecular weight is 331 g/mol. The van der Waals surface area contributed by atoms with Gasteiger partial charge in [-0.1, -0.05) is 30.3 Å². The second-order valence-corrected chi connectivity index (χ2v) is 5.15. The zero-order valence-electron chi connectivity index (χ0n) is 13.8. The first-order chi connectivity index (χ1) is 11.6. The van der Waals surface area contributed by atoms with Crippen LogP contribution >= 0.6 is 0 Å². The van der Waals surface area contributed by atoms with Crippen LogP contribution in [0.4, 0.5) is 11.4 Å². The van der Waals surface area contributed by atoms with E-state index in [9.17, 15) is 10.1 Å². The Kier molecular flexibility index (Phi) is 5.97. The molecule has 2 aromatic rings. The number of benzene rings is 2. The Morgan fingerprint density at radius 2 is 1.75 bits per heavy atom. The summed E-state index contributed by atoms with van der Waals surface area (Å²) in [6.07, 6.45) is 0. The molecule has 0 aliphatic rings. The maximum Gasteiger partial charge on any atom is 0.296 e. The summed E-state index contributed by atoms with van der Waals surface area (Å²) < 4.78 is 10.5. The summed E-state index contributed by atoms with van der Waals surface area (Å²) in [5, 5.41) is 11.5. The minimum atomic E-state index is -0.425. The smallest absolute Gasteiger partial charge is 0.296 e. The molecule has 0 aromatic heterocycles. The monoisotopic (exact) mass is 331 g/mol. The highest BCUT2D eigenvalue weighted by molar-refractivity contribution is 5.70. The number of nitrogens with zero attached hydrogens (tertiary/aromatic N) is 2. The number of nitro benzene ring substituents is 1. The van der Waals surface area contributed by atoms with E-state index in [0.29, 0.717) is 36.8 Å². The van der Waals surface area contributed by atoms with Crippen LogP contribution in [0.1, 0.15) is 5.56 Å². The summed E-state index contributed by atoms with van der Waals surface area (Å²) in [4.78, 5) is 12.9. The molecule has 7 heteroatoms. The summed E-state index contributed by atoms with van der Waals surface area (Å²) in [5.74, 6) is 0.758. The molecule has 0 saturated carbocycles. The Balaban J connectivity index is 2.49. The van der Waals surface area contributed by atoms with Crippen LogP contribution in [0.15, 0.2) is 42.5 Å². The van der Waals surface area contributed by atoms with Crippen molar-refractivity contribution in [2.75, 3.05) is 32.2 Å². The SMILES string of the molecule is COc1cc(N(CCN)Cc2ccccc2)c([N+](=O)[O-])cc1OC. The summed E-state index contributed by atoms with van der Waals surface area (Å²) >= 11 is 0. The van der Waals surface area contributed by atoms with Gasteiger partial charge in [-0.15, -0.1) is 0 Å². The number of ether oxygens (including phenoxy) is 2. The van der Waals surface area contributed by atoms with E-state index >= 15 is 0 Å². The number of anilines is 1. The molecule has 0 spiro atoms. The van der Waals surface area contributed by atoms with Gasteiger partial charge < -0.3 is 20.1 Å². The highest BCUT2D eigenvalue weighted by Crippen LogP contribution is 2.39. The summed E-state index contributed by atoms with van der Waals surface area (Å²) in [5.41, 5.74) is 7.15. The molecule has 0 bridgehead atoms. The second-order valence-electron chi connectivity index (χ2n) is 5.15. The van der Waals surface area contributed by atoms with E-state index in [0.717, 1.165) is 5.56 Å². The molecular formula is C17H21N3O4. The fourth-order valence-electron chi connectivity index (χ4n) is 2.50. The highest BCUT2D eigenvalue weighted by atomic mass is 16.6. The number of nitro groups is 1. The van der Waals surface area contributed by atoms with E-state index < -0.39 is 4.92 Å². The Labute approximate surface area is 140 Å². The minimum absolute atomic E-state index is 0.0444. The molecule has 128 valence electrons. The fraction of sp³-hybridized carbons (Fsp3) is 0.294. The predicted octanol–water partition coefficient (Wildman–Crippen LogP) is 2.58. The van der Waals surface area contributed by atoms with Crippen LogP contribution in [0.2, 0.25) is 0 Å². The molecule has 0 fully saturated rings. The first-order valence-electron chi connectivity index (χ1n) is 7.50. The number of methoxy groups -OCH3 is 2. The third-order valence-electron chi connectivity index (χ3n) is 3.63. The molecule has 7 nitrogen and oxygen atoms in total. The van der Waals surface area contributed by atoms with Crippen LogP contribution in [0.5, 0.6) is 11.5 Å². The molecule has 24 heavy (non-hydrogen) atoms. The lowest BCUT2D eigenvalue weighted by Crippen LogP contribution is -2.29. The Hall–Kier alpha value is -2.80. The van der Waals surface area contributed by atoms with Gasteiger partial charge >= 0.3 is 0 Å². The Bertz CT molecular complexity index is 692. The molecule has 0 radical (unpaired) electrons. The van der Waals surface area contributed by atoms with E-state index in [2.05, 4.69) is 0 Å². The maximum atomic E-state index is 11.5. The molecule has 0 heterocycles. The van der Waals surface area contributed by atoms with E-state index in [1.54, 1.807) is 6.07 Å². The van der Waals surface area contributed by atoms with E-state index in [1.165, 1.54) is 20.3 Å². The van der Waals surface area contributed by atoms with Gasteiger partial charge in [0.1, 0.15) is 5.69 Å². The largest absolute Gasteiger partial charge is 0.493 e. The summed E-state index contributed by atoms with van der Waals surface area (Å²) in [6, 6.07) is 12.7. The molecule has 2 N–H and O–H groups in total. The van der Waals surface area contributed by atoms with Crippen LogP contribution in [-0.2, 0) is 6.54 Å². The van der Waals surface area contributed by atoms with Crippen molar-refractivity contribution in [2.45, 2.75) is 6.54 Å². The lowest BCUT2D eigenvalue weighted by atomic mass is 10.1. The predicted molar refractivity (Wildman–Crippen MR) is 92.7 cm³/mol. The topological polar surface area (TPSA) is 90.9 Å². The first kappa shape index (κ1) is 17.6. The van der Waals surface area contributed by atoms with Crippen LogP contribution < -0.4 is 20.1 Å². The van der Waals surface area contributed by atoms with E-state index in [1.807, 2.05) is 35.2 Å². The van der Waals surface area contributed by atoms with Gasteiger partial charge in [-0.2, -0.15) is 0 Å². The first-order valence-corrected chi connectivity index (χ1v) is 7.50. The second kappa shape index (κ2) is 8.16. The summed E-state index contributed by atoms with van der Waals surface area (Å²) in [7, 11) is 2.95. The molecule has 0 saturated heterocycles. The molecular weight excluding hydrogens is 310 g/mol. The molecule has 2 rings (SSSR count). The molecule has 2 aromatic carbocycles. The van der Waals surface area contributed by atoms with Crippen molar-refractivity contribution < 1.29 is 14.4 Å². The van der Waals surface area contributed by atoms with Gasteiger partial charge in [0, 0.05) is 25.7 Å². The number of hydrogen-bond acceptors (Lipinski definition) is 6. The normalized spacial score (nSPS) is 10.3. The van der Waals surface area contributed by atoms with E-state index in [-0.39, 0.29) is 5.69 Å². The zero-order chi connectivity index (χ0) is 17.5. The van der Waals surface area contributed by atoms with Crippen molar-refractivity contribution in [2.24, 2.45) is 5.73 Å². The lowest BCUT2D eigenvalue weighted by Gasteiger charge is -2.25. The van der Waals surface area contributed by atoms with Gasteiger partial charge in [-0.3, -0.25) is 10.1 Å². The number of nitrogens with two attached hydrogens (primary N) is 1. The molecule has 0 aliphatic heterocycles. The van der Waals surface area contributed by atoms with Crippen molar-refractivity contribution in [3.8, 4) is 11.5 Å². The van der Waals surface area contributed by atoms with Gasteiger partial charge in [-0.05, 0) is 5.56 Å². The number of rotatable bonds is 8. The van der Waals surface area contributed by atoms with Crippen LogP contribution in [0, 0.1) is 10.1 Å². The van der Waals surface area contributed by atoms with Crippen molar-refractivity contribution in [1.82, 2.24) is 0 Å². The maximum absolute atomic E-state index is 11.5. The minimum Gasteiger partial charge on any atom is -0.493 e. The summed E-state index contributed by atoms with van der Waals surface area (Å²) in [6.45, 7) is 1.36. The quantitative estimate of drug-likeness (QED) is 0.590. The Morgan fingerprint density at radius 3 is 2.29 bits per heavy atom. The van der Waals surface area contributed by atoms with Gasteiger partial charge in [0.25, 0.3) is 5.69 Å². The van der Waals surface area contributed by atoms with Crippen molar-refractivity contribution in [1.29, 1.82) is 0 Å². The fourth-order valence-corrected chi connectivity index (χ4v) is 2.50. The highest BCUT2D eigenvalue weighted by Gasteiger charge is 2.23. The molecule has 0 atom stereocenters. The number of hydrogen-bond donors (Lipinski definition) is 1. The standard InChI is InChI=1S/C17H21N3O4/c1-23-16-10-14(15(20(21)22)11-17(16)24-2)19(9-8-18)12-13-6-4-3-5-7-13/h3-7,10-11H,8-9,12,18H2,1-2H3. The van der Waals surface area contributed by atoms with Gasteiger partial charge in [0.15, 0.2) is 11.5 Å². The van der Waals surface area contributed by atoms with Crippen LogP contribution in [0.3, 0.4) is 0 Å². The van der Waals surface area contributed by atoms with Crippen molar-refractivity contribution in [3.63, 3.8) is 0 Å². The molecule has 0 amide bonds. The van der Waals surface area contributed by atoms with Gasteiger partial charge in [-0.25, -0.2) is 0 Å². The van der Waals surface area contributed by atoms with Gasteiger partial charge in [0.05, 0.1) is 25.2 Å². The average Bonchev–Trinajstić information content (AvgIpc) is 2.61. The van der Waals surface area contributed by atoms with Crippen LogP contribution in [-0.4, -0.2) is 32.2 Å². The van der Waals surface area contributed by atoms with Crippen molar-refractivity contribution >= 4 is 11.4 Å². The van der Waals surface area contributed by atoms with Crippen molar-refractivity contribution in [3.05, 3.63) is 58.1 Å². The molecule has 0 unspecified atom stereocenters. The van der Waals surface area contributed by atoms with E-state index in [4.69, 9.17) is 15.2 Å². The zero-order valence-corrected chi connectivity index (χ0v) is 13.8. The third-order valence-corrected chi connectivity index (χ3v) is 3.63. The Morgan fingerprint density at radius 1 is 1.12 bits per heavy atom. The molecule has 0 aliphatic carbocycles. The van der Waals surface area contributed by atoms with Gasteiger partial charge in [0.2, 0.25) is 0 Å².